The maximum Gasteiger partial charge on any atom is 0.286 e. The summed E-state index contributed by atoms with van der Waals surface area (Å²) in [4.78, 5) is 14.3. The van der Waals surface area contributed by atoms with Crippen molar-refractivity contribution < 1.29 is 22.7 Å². The molecule has 0 atom stereocenters. The van der Waals surface area contributed by atoms with Gasteiger partial charge in [-0.25, -0.2) is 8.42 Å². The predicted octanol–water partition coefficient (Wildman–Crippen LogP) is 1.59. The van der Waals surface area contributed by atoms with E-state index in [9.17, 15) is 13.2 Å². The SMILES string of the molecule is COc1ccc(S(=O)(=O)NNC(=O)c2cc(C)n(C(C)(C)C)n2)cc1OC. The number of hydrogen-bond acceptors (Lipinski definition) is 6. The molecule has 9 nitrogen and oxygen atoms in total. The number of sulfonamides is 1. The van der Waals surface area contributed by atoms with E-state index in [1.165, 1.54) is 32.4 Å². The third kappa shape index (κ3) is 4.58. The summed E-state index contributed by atoms with van der Waals surface area (Å²) in [6.45, 7) is 7.68. The van der Waals surface area contributed by atoms with Crippen molar-refractivity contribution >= 4 is 15.9 Å². The Kier molecular flexibility index (Phi) is 5.81. The molecule has 0 saturated carbocycles. The molecule has 27 heavy (non-hydrogen) atoms. The summed E-state index contributed by atoms with van der Waals surface area (Å²) in [6, 6.07) is 5.69. The third-order valence-electron chi connectivity index (χ3n) is 3.72. The van der Waals surface area contributed by atoms with Gasteiger partial charge in [-0.05, 0) is 45.9 Å². The van der Waals surface area contributed by atoms with E-state index in [-0.39, 0.29) is 21.9 Å². The number of amides is 1. The van der Waals surface area contributed by atoms with Crippen molar-refractivity contribution in [2.75, 3.05) is 14.2 Å². The summed E-state index contributed by atoms with van der Waals surface area (Å²) in [5, 5.41) is 4.24. The van der Waals surface area contributed by atoms with Gasteiger partial charge in [0.15, 0.2) is 17.2 Å². The highest BCUT2D eigenvalue weighted by molar-refractivity contribution is 7.89. The molecule has 2 N–H and O–H groups in total. The number of rotatable bonds is 6. The second kappa shape index (κ2) is 7.57. The summed E-state index contributed by atoms with van der Waals surface area (Å²) < 4.78 is 36.7. The number of hydrogen-bond donors (Lipinski definition) is 2. The van der Waals surface area contributed by atoms with Gasteiger partial charge in [0.2, 0.25) is 0 Å². The van der Waals surface area contributed by atoms with Crippen molar-refractivity contribution in [1.29, 1.82) is 0 Å². The van der Waals surface area contributed by atoms with Crippen LogP contribution in [0.2, 0.25) is 0 Å². The van der Waals surface area contributed by atoms with E-state index >= 15 is 0 Å². The number of aryl methyl sites for hydroxylation is 1. The maximum absolute atomic E-state index is 12.4. The van der Waals surface area contributed by atoms with Gasteiger partial charge in [-0.3, -0.25) is 14.9 Å². The van der Waals surface area contributed by atoms with Crippen LogP contribution in [0.3, 0.4) is 0 Å². The number of carbonyl (C=O) groups excluding carboxylic acids is 1. The summed E-state index contributed by atoms with van der Waals surface area (Å²) >= 11 is 0. The number of benzene rings is 1. The Bertz CT molecular complexity index is 945. The van der Waals surface area contributed by atoms with Gasteiger partial charge >= 0.3 is 0 Å². The van der Waals surface area contributed by atoms with Gasteiger partial charge in [0, 0.05) is 11.8 Å². The van der Waals surface area contributed by atoms with Crippen LogP contribution in [0.5, 0.6) is 11.5 Å². The van der Waals surface area contributed by atoms with E-state index in [2.05, 4.69) is 15.4 Å². The van der Waals surface area contributed by atoms with Gasteiger partial charge in [-0.1, -0.05) is 0 Å². The Labute approximate surface area is 158 Å². The fraction of sp³-hybridized carbons (Fsp3) is 0.412. The average Bonchev–Trinajstić information content (AvgIpc) is 3.01. The van der Waals surface area contributed by atoms with Crippen LogP contribution < -0.4 is 19.7 Å². The van der Waals surface area contributed by atoms with E-state index < -0.39 is 15.9 Å². The van der Waals surface area contributed by atoms with Gasteiger partial charge in [0.05, 0.1) is 24.7 Å². The molecule has 2 aromatic rings. The molecule has 2 rings (SSSR count). The first kappa shape index (κ1) is 20.7. The first-order valence-electron chi connectivity index (χ1n) is 8.11. The lowest BCUT2D eigenvalue weighted by Crippen LogP contribution is -2.41. The highest BCUT2D eigenvalue weighted by atomic mass is 32.2. The molecule has 1 aromatic carbocycles. The molecule has 0 fully saturated rings. The number of carbonyl (C=O) groups is 1. The smallest absolute Gasteiger partial charge is 0.286 e. The van der Waals surface area contributed by atoms with Crippen molar-refractivity contribution in [1.82, 2.24) is 20.0 Å². The number of hydrazine groups is 1. The van der Waals surface area contributed by atoms with Gasteiger partial charge in [-0.15, -0.1) is 4.83 Å². The fourth-order valence-corrected chi connectivity index (χ4v) is 3.34. The number of methoxy groups -OCH3 is 2. The van der Waals surface area contributed by atoms with Crippen molar-refractivity contribution in [3.05, 3.63) is 35.7 Å². The van der Waals surface area contributed by atoms with Crippen LogP contribution in [0.25, 0.3) is 0 Å². The predicted molar refractivity (Wildman–Crippen MR) is 99.3 cm³/mol. The first-order valence-corrected chi connectivity index (χ1v) is 9.59. The lowest BCUT2D eigenvalue weighted by Gasteiger charge is -2.21. The molecule has 148 valence electrons. The Morgan fingerprint density at radius 3 is 2.26 bits per heavy atom. The largest absolute Gasteiger partial charge is 0.493 e. The number of nitrogens with zero attached hydrogens (tertiary/aromatic N) is 2. The average molecular weight is 396 g/mol. The van der Waals surface area contributed by atoms with Gasteiger partial charge < -0.3 is 9.47 Å². The molecular weight excluding hydrogens is 372 g/mol. The Hall–Kier alpha value is -2.59. The van der Waals surface area contributed by atoms with Crippen LogP contribution in [-0.4, -0.2) is 38.3 Å². The van der Waals surface area contributed by atoms with E-state index in [1.54, 1.807) is 10.7 Å². The van der Waals surface area contributed by atoms with E-state index in [1.807, 2.05) is 27.7 Å². The molecule has 0 bridgehead atoms. The standard InChI is InChI=1S/C17H24N4O5S/c1-11-9-13(19-21(11)17(2,3)4)16(22)18-20-27(23,24)12-7-8-14(25-5)15(10-12)26-6/h7-10,20H,1-6H3,(H,18,22). The second-order valence-electron chi connectivity index (χ2n) is 6.83. The highest BCUT2D eigenvalue weighted by Crippen LogP contribution is 2.29. The number of nitrogens with one attached hydrogen (secondary N) is 2. The highest BCUT2D eigenvalue weighted by Gasteiger charge is 2.22. The minimum Gasteiger partial charge on any atom is -0.493 e. The molecule has 0 aliphatic carbocycles. The zero-order valence-corrected chi connectivity index (χ0v) is 17.0. The van der Waals surface area contributed by atoms with Crippen LogP contribution in [0.4, 0.5) is 0 Å². The Balaban J connectivity index is 2.17. The molecule has 0 radical (unpaired) electrons. The minimum absolute atomic E-state index is 0.0862. The molecule has 0 saturated heterocycles. The zero-order valence-electron chi connectivity index (χ0n) is 16.2. The molecule has 0 aliphatic heterocycles. The summed E-state index contributed by atoms with van der Waals surface area (Å²) in [5.41, 5.74) is 2.76. The van der Waals surface area contributed by atoms with E-state index in [4.69, 9.17) is 9.47 Å². The van der Waals surface area contributed by atoms with E-state index in [0.29, 0.717) is 5.75 Å². The zero-order chi connectivity index (χ0) is 20.4. The van der Waals surface area contributed by atoms with Gasteiger partial charge in [0.1, 0.15) is 0 Å². The third-order valence-corrected chi connectivity index (χ3v) is 4.97. The lowest BCUT2D eigenvalue weighted by atomic mass is 10.1. The van der Waals surface area contributed by atoms with Crippen molar-refractivity contribution in [2.24, 2.45) is 0 Å². The Morgan fingerprint density at radius 1 is 1.11 bits per heavy atom. The summed E-state index contributed by atoms with van der Waals surface area (Å²) in [6.07, 6.45) is 0. The lowest BCUT2D eigenvalue weighted by molar-refractivity contribution is 0.0938. The van der Waals surface area contributed by atoms with Crippen molar-refractivity contribution in [3.8, 4) is 11.5 Å². The molecule has 0 aliphatic rings. The van der Waals surface area contributed by atoms with Crippen LogP contribution >= 0.6 is 0 Å². The molecule has 1 amide bonds. The monoisotopic (exact) mass is 396 g/mol. The topological polar surface area (TPSA) is 112 Å². The van der Waals surface area contributed by atoms with Crippen molar-refractivity contribution in [3.63, 3.8) is 0 Å². The molecule has 0 unspecified atom stereocenters. The number of ether oxygens (including phenoxy) is 2. The van der Waals surface area contributed by atoms with Crippen LogP contribution in [0.15, 0.2) is 29.2 Å². The van der Waals surface area contributed by atoms with Crippen LogP contribution in [-0.2, 0) is 15.6 Å². The first-order chi connectivity index (χ1) is 12.5. The van der Waals surface area contributed by atoms with E-state index in [0.717, 1.165) is 5.69 Å². The van der Waals surface area contributed by atoms with Gasteiger partial charge in [0.25, 0.3) is 15.9 Å². The Morgan fingerprint density at radius 2 is 1.74 bits per heavy atom. The van der Waals surface area contributed by atoms with Crippen LogP contribution in [0, 0.1) is 6.92 Å². The molecule has 1 aromatic heterocycles. The normalized spacial score (nSPS) is 11.9. The molecule has 0 spiro atoms. The van der Waals surface area contributed by atoms with Crippen molar-refractivity contribution in [2.45, 2.75) is 38.1 Å². The number of aromatic nitrogens is 2. The van der Waals surface area contributed by atoms with Crippen LogP contribution in [0.1, 0.15) is 37.0 Å². The second-order valence-corrected chi connectivity index (χ2v) is 8.51. The summed E-state index contributed by atoms with van der Waals surface area (Å²) in [5.74, 6) is -0.0138. The minimum atomic E-state index is -4.00. The quantitative estimate of drug-likeness (QED) is 0.717. The molecular formula is C17H24N4O5S. The van der Waals surface area contributed by atoms with Gasteiger partial charge in [-0.2, -0.15) is 5.10 Å². The fourth-order valence-electron chi connectivity index (χ4n) is 2.48. The maximum atomic E-state index is 12.4. The molecule has 10 heteroatoms. The summed E-state index contributed by atoms with van der Waals surface area (Å²) in [7, 11) is -1.16. The molecule has 1 heterocycles.